The predicted molar refractivity (Wildman–Crippen MR) is 72.8 cm³/mol. The molecule has 1 saturated heterocycles. The minimum atomic E-state index is 0.0134. The van der Waals surface area contributed by atoms with Crippen molar-refractivity contribution in [3.63, 3.8) is 0 Å². The lowest BCUT2D eigenvalue weighted by atomic mass is 10.1. The van der Waals surface area contributed by atoms with E-state index in [4.69, 9.17) is 0 Å². The van der Waals surface area contributed by atoms with Crippen LogP contribution < -0.4 is 5.32 Å². The molecule has 0 saturated carbocycles. The Morgan fingerprint density at radius 1 is 1.41 bits per heavy atom. The van der Waals surface area contributed by atoms with Crippen molar-refractivity contribution in [1.82, 2.24) is 5.32 Å². The molecule has 3 nitrogen and oxygen atoms in total. The lowest BCUT2D eigenvalue weighted by Crippen LogP contribution is -2.24. The van der Waals surface area contributed by atoms with Crippen LogP contribution in [0.2, 0.25) is 0 Å². The molecule has 90 valence electrons. The summed E-state index contributed by atoms with van der Waals surface area (Å²) in [6.45, 7) is 6.10. The van der Waals surface area contributed by atoms with Gasteiger partial charge in [0.25, 0.3) is 0 Å². The van der Waals surface area contributed by atoms with Crippen LogP contribution in [-0.4, -0.2) is 16.3 Å². The van der Waals surface area contributed by atoms with Gasteiger partial charge in [-0.05, 0) is 31.9 Å². The highest BCUT2D eigenvalue weighted by molar-refractivity contribution is 8.15. The third kappa shape index (κ3) is 2.69. The molecule has 1 aliphatic heterocycles. The Morgan fingerprint density at radius 3 is 2.76 bits per heavy atom. The molecule has 1 amide bonds. The monoisotopic (exact) mass is 248 g/mol. The summed E-state index contributed by atoms with van der Waals surface area (Å²) in [6.07, 6.45) is 0.836. The summed E-state index contributed by atoms with van der Waals surface area (Å²) in [5.74, 6) is 0.0704. The van der Waals surface area contributed by atoms with Gasteiger partial charge in [0.15, 0.2) is 5.17 Å². The molecular formula is C13H16N2OS. The van der Waals surface area contributed by atoms with E-state index in [1.807, 2.05) is 26.0 Å². The van der Waals surface area contributed by atoms with Crippen molar-refractivity contribution in [2.75, 3.05) is 0 Å². The minimum absolute atomic E-state index is 0.0134. The molecule has 1 atom stereocenters. The number of aliphatic imine (C=N–C) groups is 1. The average molecular weight is 248 g/mol. The van der Waals surface area contributed by atoms with Crippen LogP contribution in [0.25, 0.3) is 0 Å². The molecule has 0 aromatic heterocycles. The summed E-state index contributed by atoms with van der Waals surface area (Å²) < 4.78 is 0. The van der Waals surface area contributed by atoms with Crippen LogP contribution in [-0.2, 0) is 4.79 Å². The van der Waals surface area contributed by atoms with Crippen LogP contribution in [0.1, 0.15) is 24.5 Å². The van der Waals surface area contributed by atoms with Crippen LogP contribution in [0.3, 0.4) is 0 Å². The van der Waals surface area contributed by atoms with Crippen LogP contribution in [0.5, 0.6) is 0 Å². The van der Waals surface area contributed by atoms with E-state index in [1.165, 1.54) is 17.3 Å². The highest BCUT2D eigenvalue weighted by Crippen LogP contribution is 2.26. The zero-order chi connectivity index (χ0) is 12.4. The highest BCUT2D eigenvalue weighted by atomic mass is 32.2. The van der Waals surface area contributed by atoms with E-state index in [0.717, 1.165) is 17.7 Å². The van der Waals surface area contributed by atoms with Crippen molar-refractivity contribution in [3.05, 3.63) is 29.3 Å². The second-order valence-corrected chi connectivity index (χ2v) is 5.40. The van der Waals surface area contributed by atoms with Crippen LogP contribution in [0, 0.1) is 13.8 Å². The number of nitrogens with zero attached hydrogens (tertiary/aromatic N) is 1. The summed E-state index contributed by atoms with van der Waals surface area (Å²) in [5.41, 5.74) is 3.28. The van der Waals surface area contributed by atoms with Gasteiger partial charge in [-0.25, -0.2) is 4.99 Å². The summed E-state index contributed by atoms with van der Waals surface area (Å²) in [5, 5.41) is 3.55. The fourth-order valence-electron chi connectivity index (χ4n) is 1.77. The summed E-state index contributed by atoms with van der Waals surface area (Å²) in [7, 11) is 0. The maximum absolute atomic E-state index is 11.5. The molecule has 0 unspecified atom stereocenters. The van der Waals surface area contributed by atoms with Crippen LogP contribution >= 0.6 is 11.8 Å². The number of amidine groups is 1. The van der Waals surface area contributed by atoms with E-state index >= 15 is 0 Å². The first-order valence-corrected chi connectivity index (χ1v) is 6.61. The Bertz CT molecular complexity index is 482. The number of carbonyl (C=O) groups excluding carboxylic acids is 1. The van der Waals surface area contributed by atoms with Gasteiger partial charge in [0.1, 0.15) is 0 Å². The quantitative estimate of drug-likeness (QED) is 0.874. The largest absolute Gasteiger partial charge is 0.304 e. The zero-order valence-corrected chi connectivity index (χ0v) is 11.1. The van der Waals surface area contributed by atoms with Crippen molar-refractivity contribution in [2.24, 2.45) is 4.99 Å². The molecule has 0 radical (unpaired) electrons. The van der Waals surface area contributed by atoms with Gasteiger partial charge in [-0.1, -0.05) is 36.4 Å². The number of rotatable bonds is 2. The number of hydrogen-bond donors (Lipinski definition) is 1. The van der Waals surface area contributed by atoms with Gasteiger partial charge in [0.2, 0.25) is 5.91 Å². The number of nitrogens with one attached hydrogen (secondary N) is 1. The molecule has 1 fully saturated rings. The minimum Gasteiger partial charge on any atom is -0.304 e. The molecule has 0 spiro atoms. The van der Waals surface area contributed by atoms with Gasteiger partial charge >= 0.3 is 0 Å². The van der Waals surface area contributed by atoms with Gasteiger partial charge < -0.3 is 5.32 Å². The summed E-state index contributed by atoms with van der Waals surface area (Å²) in [6, 6.07) is 6.12. The van der Waals surface area contributed by atoms with Crippen molar-refractivity contribution in [2.45, 2.75) is 32.4 Å². The van der Waals surface area contributed by atoms with Crippen molar-refractivity contribution >= 4 is 28.5 Å². The molecule has 1 aromatic carbocycles. The lowest BCUT2D eigenvalue weighted by Gasteiger charge is -2.02. The highest BCUT2D eigenvalue weighted by Gasteiger charge is 2.28. The molecule has 0 bridgehead atoms. The van der Waals surface area contributed by atoms with E-state index in [2.05, 4.69) is 23.3 Å². The Balaban J connectivity index is 2.23. The SMILES string of the molecule is CC[C@H]1SC(=Nc2ccc(C)cc2C)NC1=O. The van der Waals surface area contributed by atoms with Gasteiger partial charge in [-0.15, -0.1) is 0 Å². The van der Waals surface area contributed by atoms with Crippen molar-refractivity contribution in [3.8, 4) is 0 Å². The predicted octanol–water partition coefficient (Wildman–Crippen LogP) is 2.93. The fraction of sp³-hybridized carbons (Fsp3) is 0.385. The number of amides is 1. The molecule has 17 heavy (non-hydrogen) atoms. The molecular weight excluding hydrogens is 232 g/mol. The average Bonchev–Trinajstić information content (AvgIpc) is 2.63. The van der Waals surface area contributed by atoms with Gasteiger partial charge in [0, 0.05) is 0 Å². The Hall–Kier alpha value is -1.29. The first-order chi connectivity index (χ1) is 8.10. The third-order valence-corrected chi connectivity index (χ3v) is 3.97. The molecule has 2 rings (SSSR count). The maximum atomic E-state index is 11.5. The molecule has 1 N–H and O–H groups in total. The van der Waals surface area contributed by atoms with Crippen LogP contribution in [0.15, 0.2) is 23.2 Å². The standard InChI is InChI=1S/C13H16N2OS/c1-4-11-12(16)15-13(17-11)14-10-6-5-8(2)7-9(10)3/h5-7,11H,4H2,1-3H3,(H,14,15,16)/t11-/m1/s1. The van der Waals surface area contributed by atoms with E-state index in [-0.39, 0.29) is 11.2 Å². The van der Waals surface area contributed by atoms with Gasteiger partial charge in [-0.3, -0.25) is 4.79 Å². The molecule has 0 aliphatic carbocycles. The second-order valence-electron chi connectivity index (χ2n) is 4.21. The van der Waals surface area contributed by atoms with E-state index in [1.54, 1.807) is 0 Å². The van der Waals surface area contributed by atoms with Crippen LogP contribution in [0.4, 0.5) is 5.69 Å². The smallest absolute Gasteiger partial charge is 0.239 e. The zero-order valence-electron chi connectivity index (χ0n) is 10.3. The Labute approximate surface area is 106 Å². The summed E-state index contributed by atoms with van der Waals surface area (Å²) in [4.78, 5) is 16.0. The number of carbonyl (C=O) groups is 1. The summed E-state index contributed by atoms with van der Waals surface area (Å²) >= 11 is 1.52. The number of thioether (sulfide) groups is 1. The fourth-order valence-corrected chi connectivity index (χ4v) is 2.68. The van der Waals surface area contributed by atoms with Crippen molar-refractivity contribution in [1.29, 1.82) is 0 Å². The second kappa shape index (κ2) is 4.92. The van der Waals surface area contributed by atoms with Gasteiger partial charge in [-0.2, -0.15) is 0 Å². The van der Waals surface area contributed by atoms with E-state index < -0.39 is 0 Å². The molecule has 4 heteroatoms. The maximum Gasteiger partial charge on any atom is 0.239 e. The molecule has 1 aliphatic rings. The lowest BCUT2D eigenvalue weighted by molar-refractivity contribution is -0.118. The van der Waals surface area contributed by atoms with Gasteiger partial charge in [0.05, 0.1) is 10.9 Å². The number of benzene rings is 1. The van der Waals surface area contributed by atoms with Crippen molar-refractivity contribution < 1.29 is 4.79 Å². The first-order valence-electron chi connectivity index (χ1n) is 5.73. The molecule has 1 heterocycles. The number of hydrogen-bond acceptors (Lipinski definition) is 3. The topological polar surface area (TPSA) is 41.5 Å². The van der Waals surface area contributed by atoms with E-state index in [9.17, 15) is 4.79 Å². The normalized spacial score (nSPS) is 21.9. The molecule has 1 aromatic rings. The third-order valence-electron chi connectivity index (χ3n) is 2.72. The Kier molecular flexibility index (Phi) is 3.52. The number of aryl methyl sites for hydroxylation is 2. The Morgan fingerprint density at radius 2 is 2.18 bits per heavy atom. The first kappa shape index (κ1) is 12.2. The van der Waals surface area contributed by atoms with E-state index in [0.29, 0.717) is 5.17 Å².